The lowest BCUT2D eigenvalue weighted by Gasteiger charge is -2.35. The average Bonchev–Trinajstić information content (AvgIpc) is 2.87. The molecule has 24 heavy (non-hydrogen) atoms. The molecule has 2 heterocycles. The zero-order valence-electron chi connectivity index (χ0n) is 14.7. The first-order valence-electron chi connectivity index (χ1n) is 8.39. The van der Waals surface area contributed by atoms with Crippen LogP contribution >= 0.6 is 11.3 Å². The quantitative estimate of drug-likeness (QED) is 0.854. The molecule has 1 amide bonds. The molecule has 0 saturated carbocycles. The van der Waals surface area contributed by atoms with Crippen LogP contribution in [0.4, 0.5) is 0 Å². The second-order valence-electron chi connectivity index (χ2n) is 6.60. The summed E-state index contributed by atoms with van der Waals surface area (Å²) in [7, 11) is 0. The van der Waals surface area contributed by atoms with Crippen molar-refractivity contribution in [3.8, 4) is 11.3 Å². The largest absolute Gasteiger partial charge is 0.372 e. The van der Waals surface area contributed by atoms with Crippen LogP contribution in [-0.4, -0.2) is 41.1 Å². The van der Waals surface area contributed by atoms with Crippen LogP contribution in [0.25, 0.3) is 11.3 Å². The molecule has 4 nitrogen and oxygen atoms in total. The van der Waals surface area contributed by atoms with E-state index in [0.717, 1.165) is 21.1 Å². The first-order valence-corrected chi connectivity index (χ1v) is 9.20. The van der Waals surface area contributed by atoms with Crippen molar-refractivity contribution >= 4 is 17.2 Å². The highest BCUT2D eigenvalue weighted by Gasteiger charge is 2.27. The van der Waals surface area contributed by atoms with Gasteiger partial charge in [0, 0.05) is 23.5 Å². The Morgan fingerprint density at radius 3 is 2.46 bits per heavy atom. The number of hydrogen-bond donors (Lipinski definition) is 0. The summed E-state index contributed by atoms with van der Waals surface area (Å²) in [6.07, 6.45) is 0.601. The van der Waals surface area contributed by atoms with E-state index in [1.165, 1.54) is 5.56 Å². The van der Waals surface area contributed by atoms with Crippen molar-refractivity contribution in [1.82, 2.24) is 9.88 Å². The summed E-state index contributed by atoms with van der Waals surface area (Å²) in [6.45, 7) is 9.44. The van der Waals surface area contributed by atoms with E-state index in [4.69, 9.17) is 4.74 Å². The fraction of sp³-hybridized carbons (Fsp3) is 0.474. The van der Waals surface area contributed by atoms with Crippen molar-refractivity contribution in [2.45, 2.75) is 46.3 Å². The molecule has 128 valence electrons. The number of carbonyl (C=O) groups excluding carboxylic acids is 1. The predicted molar refractivity (Wildman–Crippen MR) is 97.3 cm³/mol. The number of nitrogens with zero attached hydrogens (tertiary/aromatic N) is 2. The van der Waals surface area contributed by atoms with Gasteiger partial charge in [-0.25, -0.2) is 4.98 Å². The number of rotatable bonds is 3. The summed E-state index contributed by atoms with van der Waals surface area (Å²) < 4.78 is 5.72. The number of aromatic nitrogens is 1. The standard InChI is InChI=1S/C19H24N2O2S/c1-12-5-7-16(8-6-12)19-17(24-15(4)20-19)9-18(22)21-10-13(2)23-14(3)11-21/h5-8,13-14H,9-11H2,1-4H3/t13-,14-/m0/s1. The summed E-state index contributed by atoms with van der Waals surface area (Å²) in [4.78, 5) is 20.4. The van der Waals surface area contributed by atoms with Crippen molar-refractivity contribution in [3.05, 3.63) is 39.7 Å². The first-order chi connectivity index (χ1) is 11.4. The third kappa shape index (κ3) is 3.84. The molecule has 1 fully saturated rings. The van der Waals surface area contributed by atoms with Crippen LogP contribution < -0.4 is 0 Å². The van der Waals surface area contributed by atoms with E-state index >= 15 is 0 Å². The normalized spacial score (nSPS) is 21.1. The van der Waals surface area contributed by atoms with Crippen LogP contribution in [0, 0.1) is 13.8 Å². The van der Waals surface area contributed by atoms with Crippen LogP contribution in [0.1, 0.15) is 29.3 Å². The molecule has 3 rings (SSSR count). The van der Waals surface area contributed by atoms with Gasteiger partial charge >= 0.3 is 0 Å². The lowest BCUT2D eigenvalue weighted by atomic mass is 10.1. The van der Waals surface area contributed by atoms with Gasteiger partial charge in [-0.3, -0.25) is 4.79 Å². The van der Waals surface area contributed by atoms with Gasteiger partial charge in [0.15, 0.2) is 0 Å². The van der Waals surface area contributed by atoms with Gasteiger partial charge in [0.05, 0.1) is 29.3 Å². The maximum atomic E-state index is 12.8. The van der Waals surface area contributed by atoms with Gasteiger partial charge in [-0.05, 0) is 27.7 Å². The third-order valence-corrected chi connectivity index (χ3v) is 5.18. The summed E-state index contributed by atoms with van der Waals surface area (Å²) in [5, 5.41) is 0.997. The fourth-order valence-corrected chi connectivity index (χ4v) is 4.11. The van der Waals surface area contributed by atoms with E-state index in [2.05, 4.69) is 36.2 Å². The first kappa shape index (κ1) is 17.1. The molecule has 0 aliphatic carbocycles. The molecule has 2 aromatic rings. The van der Waals surface area contributed by atoms with Crippen molar-refractivity contribution in [3.63, 3.8) is 0 Å². The zero-order chi connectivity index (χ0) is 17.3. The Hall–Kier alpha value is -1.72. The van der Waals surface area contributed by atoms with Crippen LogP contribution in [0.5, 0.6) is 0 Å². The van der Waals surface area contributed by atoms with Crippen LogP contribution in [0.2, 0.25) is 0 Å². The molecule has 1 aromatic heterocycles. The maximum Gasteiger partial charge on any atom is 0.228 e. The molecule has 0 spiro atoms. The zero-order valence-corrected chi connectivity index (χ0v) is 15.5. The minimum atomic E-state index is 0.0949. The van der Waals surface area contributed by atoms with Crippen molar-refractivity contribution in [1.29, 1.82) is 0 Å². The molecule has 1 aromatic carbocycles. The molecule has 1 aliphatic heterocycles. The van der Waals surface area contributed by atoms with E-state index in [-0.39, 0.29) is 18.1 Å². The Morgan fingerprint density at radius 1 is 1.21 bits per heavy atom. The maximum absolute atomic E-state index is 12.8. The summed E-state index contributed by atoms with van der Waals surface area (Å²) in [5.74, 6) is 0.161. The van der Waals surface area contributed by atoms with Gasteiger partial charge in [0.2, 0.25) is 5.91 Å². The van der Waals surface area contributed by atoms with E-state index in [0.29, 0.717) is 19.5 Å². The van der Waals surface area contributed by atoms with Crippen LogP contribution in [-0.2, 0) is 16.0 Å². The smallest absolute Gasteiger partial charge is 0.228 e. The summed E-state index contributed by atoms with van der Waals surface area (Å²) in [5.41, 5.74) is 3.25. The van der Waals surface area contributed by atoms with Crippen molar-refractivity contribution in [2.75, 3.05) is 13.1 Å². The van der Waals surface area contributed by atoms with Gasteiger partial charge in [0.25, 0.3) is 0 Å². The minimum absolute atomic E-state index is 0.0949. The van der Waals surface area contributed by atoms with E-state index in [1.807, 2.05) is 25.7 Å². The van der Waals surface area contributed by atoms with Gasteiger partial charge in [0.1, 0.15) is 0 Å². The Balaban J connectivity index is 1.80. The van der Waals surface area contributed by atoms with Crippen molar-refractivity contribution < 1.29 is 9.53 Å². The van der Waals surface area contributed by atoms with E-state index in [1.54, 1.807) is 11.3 Å². The topological polar surface area (TPSA) is 42.4 Å². The third-order valence-electron chi connectivity index (χ3n) is 4.21. The number of benzene rings is 1. The monoisotopic (exact) mass is 344 g/mol. The molecule has 5 heteroatoms. The molecule has 1 aliphatic rings. The summed E-state index contributed by atoms with van der Waals surface area (Å²) >= 11 is 1.62. The molecule has 0 N–H and O–H groups in total. The Morgan fingerprint density at radius 2 is 1.83 bits per heavy atom. The van der Waals surface area contributed by atoms with Gasteiger partial charge in [-0.1, -0.05) is 29.8 Å². The number of ether oxygens (including phenoxy) is 1. The fourth-order valence-electron chi connectivity index (χ4n) is 3.16. The highest BCUT2D eigenvalue weighted by atomic mass is 32.1. The average molecular weight is 344 g/mol. The number of aryl methyl sites for hydroxylation is 2. The van der Waals surface area contributed by atoms with Crippen LogP contribution in [0.15, 0.2) is 24.3 Å². The van der Waals surface area contributed by atoms with Gasteiger partial charge in [-0.15, -0.1) is 11.3 Å². The highest BCUT2D eigenvalue weighted by molar-refractivity contribution is 7.12. The lowest BCUT2D eigenvalue weighted by Crippen LogP contribution is -2.48. The number of amides is 1. The predicted octanol–water partition coefficient (Wildman–Crippen LogP) is 3.61. The minimum Gasteiger partial charge on any atom is -0.372 e. The molecule has 0 radical (unpaired) electrons. The highest BCUT2D eigenvalue weighted by Crippen LogP contribution is 2.29. The number of hydrogen-bond acceptors (Lipinski definition) is 4. The summed E-state index contributed by atoms with van der Waals surface area (Å²) in [6, 6.07) is 8.33. The molecule has 1 saturated heterocycles. The van der Waals surface area contributed by atoms with Gasteiger partial charge < -0.3 is 9.64 Å². The van der Waals surface area contributed by atoms with Crippen LogP contribution in [0.3, 0.4) is 0 Å². The Kier molecular flexibility index (Phi) is 5.01. The molecule has 2 atom stereocenters. The number of morpholine rings is 1. The van der Waals surface area contributed by atoms with Crippen molar-refractivity contribution in [2.24, 2.45) is 0 Å². The van der Waals surface area contributed by atoms with E-state index < -0.39 is 0 Å². The molecular weight excluding hydrogens is 320 g/mol. The lowest BCUT2D eigenvalue weighted by molar-refractivity contribution is -0.142. The number of carbonyl (C=O) groups is 1. The SMILES string of the molecule is Cc1ccc(-c2nc(C)sc2CC(=O)N2C[C@H](C)O[C@@H](C)C2)cc1. The number of thiazole rings is 1. The molecular formula is C19H24N2O2S. The molecule has 0 unspecified atom stereocenters. The second kappa shape index (κ2) is 7.03. The van der Waals surface area contributed by atoms with E-state index in [9.17, 15) is 4.79 Å². The van der Waals surface area contributed by atoms with Gasteiger partial charge in [-0.2, -0.15) is 0 Å². The molecule has 0 bridgehead atoms. The Labute approximate surface area is 147 Å². The second-order valence-corrected chi connectivity index (χ2v) is 7.89. The Bertz CT molecular complexity index is 713.